The van der Waals surface area contributed by atoms with E-state index in [-0.39, 0.29) is 17.8 Å². The fourth-order valence-electron chi connectivity index (χ4n) is 4.27. The number of nitrogens with zero attached hydrogens (tertiary/aromatic N) is 3. The van der Waals surface area contributed by atoms with Crippen molar-refractivity contribution in [3.05, 3.63) is 77.3 Å². The number of benzene rings is 1. The highest BCUT2D eigenvalue weighted by molar-refractivity contribution is 5.92. The number of hydrogen-bond donors (Lipinski definition) is 1. The lowest BCUT2D eigenvalue weighted by atomic mass is 10.1. The second kappa shape index (κ2) is 9.96. The van der Waals surface area contributed by atoms with E-state index < -0.39 is 0 Å². The summed E-state index contributed by atoms with van der Waals surface area (Å²) in [5.74, 6) is 0.430. The topological polar surface area (TPSA) is 63.3 Å². The molecule has 1 unspecified atom stereocenters. The van der Waals surface area contributed by atoms with Gasteiger partial charge in [-0.1, -0.05) is 6.42 Å². The van der Waals surface area contributed by atoms with Crippen LogP contribution in [0.25, 0.3) is 11.8 Å². The fourth-order valence-corrected chi connectivity index (χ4v) is 4.27. The lowest BCUT2D eigenvalue weighted by Crippen LogP contribution is -2.40. The summed E-state index contributed by atoms with van der Waals surface area (Å²) < 4.78 is 20.6. The highest BCUT2D eigenvalue weighted by atomic mass is 19.1. The van der Waals surface area contributed by atoms with Gasteiger partial charge in [-0.3, -0.25) is 9.69 Å². The van der Waals surface area contributed by atoms with Crippen molar-refractivity contribution in [1.82, 2.24) is 20.0 Å². The molecule has 6 nitrogen and oxygen atoms in total. The first kappa shape index (κ1) is 22.0. The van der Waals surface area contributed by atoms with Gasteiger partial charge in [0.2, 0.25) is 5.91 Å². The number of likely N-dealkylation sites (tertiary alicyclic amines) is 1. The van der Waals surface area contributed by atoms with E-state index in [0.29, 0.717) is 6.54 Å². The van der Waals surface area contributed by atoms with Crippen LogP contribution in [-0.4, -0.2) is 40.2 Å². The van der Waals surface area contributed by atoms with Gasteiger partial charge in [-0.25, -0.2) is 9.07 Å². The maximum atomic E-state index is 13.2. The van der Waals surface area contributed by atoms with Crippen molar-refractivity contribution in [3.63, 3.8) is 0 Å². The summed E-state index contributed by atoms with van der Waals surface area (Å²) in [4.78, 5) is 15.0. The molecular weight excluding hydrogens is 407 g/mol. The number of carbonyl (C=O) groups is 1. The average Bonchev–Trinajstić information content (AvgIpc) is 3.42. The van der Waals surface area contributed by atoms with Crippen LogP contribution in [0.3, 0.4) is 0 Å². The standard InChI is InChI=1S/C25H29FN4O2/c1-18-22(19(2)30(28-18)21-10-8-20(26)9-11-21)12-13-25(31)27-17-23(24-7-6-16-32-24)29-14-4-3-5-15-29/h6-13,16,23H,3-5,14-15,17H2,1-2H3,(H,27,31). The van der Waals surface area contributed by atoms with Gasteiger partial charge < -0.3 is 9.73 Å². The zero-order valence-electron chi connectivity index (χ0n) is 18.6. The molecule has 3 aromatic rings. The zero-order valence-corrected chi connectivity index (χ0v) is 18.6. The van der Waals surface area contributed by atoms with Crippen LogP contribution in [0.15, 0.2) is 53.2 Å². The molecule has 168 valence electrons. The van der Waals surface area contributed by atoms with Gasteiger partial charge in [0.05, 0.1) is 23.7 Å². The van der Waals surface area contributed by atoms with Crippen molar-refractivity contribution in [2.75, 3.05) is 19.6 Å². The van der Waals surface area contributed by atoms with E-state index in [2.05, 4.69) is 15.3 Å². The number of piperidine rings is 1. The van der Waals surface area contributed by atoms with Crippen molar-refractivity contribution in [2.24, 2.45) is 0 Å². The first-order valence-corrected chi connectivity index (χ1v) is 11.1. The molecule has 0 spiro atoms. The molecular formula is C25H29FN4O2. The molecule has 4 rings (SSSR count). The van der Waals surface area contributed by atoms with Gasteiger partial charge in [0.25, 0.3) is 0 Å². The van der Waals surface area contributed by atoms with Crippen molar-refractivity contribution in [2.45, 2.75) is 39.2 Å². The molecule has 7 heteroatoms. The second-order valence-corrected chi connectivity index (χ2v) is 8.18. The Bertz CT molecular complexity index is 1060. The van der Waals surface area contributed by atoms with E-state index in [1.807, 2.05) is 26.0 Å². The Hall–Kier alpha value is -3.19. The van der Waals surface area contributed by atoms with Gasteiger partial charge in [-0.15, -0.1) is 0 Å². The molecule has 1 fully saturated rings. The predicted molar refractivity (Wildman–Crippen MR) is 122 cm³/mol. The number of aryl methyl sites for hydroxylation is 1. The minimum absolute atomic E-state index is 0.0346. The molecule has 1 saturated heterocycles. The van der Waals surface area contributed by atoms with Gasteiger partial charge in [0.15, 0.2) is 0 Å². The van der Waals surface area contributed by atoms with Crippen molar-refractivity contribution < 1.29 is 13.6 Å². The van der Waals surface area contributed by atoms with E-state index in [0.717, 1.165) is 41.5 Å². The third-order valence-corrected chi connectivity index (χ3v) is 5.99. The van der Waals surface area contributed by atoms with Crippen molar-refractivity contribution in [3.8, 4) is 5.69 Å². The third kappa shape index (κ3) is 4.99. The molecule has 3 heterocycles. The first-order chi connectivity index (χ1) is 15.5. The number of amides is 1. The Labute approximate surface area is 187 Å². The summed E-state index contributed by atoms with van der Waals surface area (Å²) in [5.41, 5.74) is 3.35. The summed E-state index contributed by atoms with van der Waals surface area (Å²) in [5, 5.41) is 7.58. The summed E-state index contributed by atoms with van der Waals surface area (Å²) in [6.07, 6.45) is 8.60. The monoisotopic (exact) mass is 436 g/mol. The largest absolute Gasteiger partial charge is 0.468 e. The predicted octanol–water partition coefficient (Wildman–Crippen LogP) is 4.58. The number of hydrogen-bond acceptors (Lipinski definition) is 4. The first-order valence-electron chi connectivity index (χ1n) is 11.1. The Morgan fingerprint density at radius 1 is 1.19 bits per heavy atom. The Balaban J connectivity index is 1.43. The van der Waals surface area contributed by atoms with E-state index in [1.54, 1.807) is 35.2 Å². The number of halogens is 1. The molecule has 1 aliphatic heterocycles. The molecule has 0 saturated carbocycles. The number of carbonyl (C=O) groups excluding carboxylic acids is 1. The van der Waals surface area contributed by atoms with Gasteiger partial charge in [-0.2, -0.15) is 5.10 Å². The zero-order chi connectivity index (χ0) is 22.5. The molecule has 0 radical (unpaired) electrons. The smallest absolute Gasteiger partial charge is 0.244 e. The lowest BCUT2D eigenvalue weighted by molar-refractivity contribution is -0.116. The minimum Gasteiger partial charge on any atom is -0.468 e. The highest BCUT2D eigenvalue weighted by Gasteiger charge is 2.24. The number of rotatable bonds is 7. The average molecular weight is 437 g/mol. The quantitative estimate of drug-likeness (QED) is 0.551. The number of aromatic nitrogens is 2. The summed E-state index contributed by atoms with van der Waals surface area (Å²) in [6.45, 7) is 6.34. The molecule has 0 bridgehead atoms. The van der Waals surface area contributed by atoms with E-state index >= 15 is 0 Å². The Morgan fingerprint density at radius 2 is 1.94 bits per heavy atom. The normalized spacial score (nSPS) is 15.8. The van der Waals surface area contributed by atoms with Crippen LogP contribution in [0.1, 0.15) is 48.0 Å². The van der Waals surface area contributed by atoms with Crippen LogP contribution >= 0.6 is 0 Å². The van der Waals surface area contributed by atoms with Crippen LogP contribution in [-0.2, 0) is 4.79 Å². The Morgan fingerprint density at radius 3 is 2.62 bits per heavy atom. The van der Waals surface area contributed by atoms with E-state index in [9.17, 15) is 9.18 Å². The molecule has 1 aromatic carbocycles. The van der Waals surface area contributed by atoms with Crippen LogP contribution < -0.4 is 5.32 Å². The molecule has 1 amide bonds. The minimum atomic E-state index is -0.288. The highest BCUT2D eigenvalue weighted by Crippen LogP contribution is 2.24. The Kier molecular flexibility index (Phi) is 6.85. The van der Waals surface area contributed by atoms with Crippen LogP contribution in [0.4, 0.5) is 4.39 Å². The number of furan rings is 1. The van der Waals surface area contributed by atoms with Gasteiger partial charge in [0, 0.05) is 23.9 Å². The second-order valence-electron chi connectivity index (χ2n) is 8.18. The van der Waals surface area contributed by atoms with E-state index in [4.69, 9.17) is 4.42 Å². The summed E-state index contributed by atoms with van der Waals surface area (Å²) in [7, 11) is 0. The SMILES string of the molecule is Cc1nn(-c2ccc(F)cc2)c(C)c1C=CC(=O)NCC(c1ccco1)N1CCCCC1. The van der Waals surface area contributed by atoms with Crippen LogP contribution in [0, 0.1) is 19.7 Å². The molecule has 1 atom stereocenters. The van der Waals surface area contributed by atoms with Gasteiger partial charge >= 0.3 is 0 Å². The van der Waals surface area contributed by atoms with Gasteiger partial charge in [0.1, 0.15) is 11.6 Å². The maximum absolute atomic E-state index is 13.2. The fraction of sp³-hybridized carbons (Fsp3) is 0.360. The third-order valence-electron chi connectivity index (χ3n) is 5.99. The molecule has 2 aromatic heterocycles. The molecule has 1 N–H and O–H groups in total. The van der Waals surface area contributed by atoms with Crippen molar-refractivity contribution >= 4 is 12.0 Å². The number of nitrogens with one attached hydrogen (secondary N) is 1. The maximum Gasteiger partial charge on any atom is 0.244 e. The molecule has 1 aliphatic rings. The molecule has 32 heavy (non-hydrogen) atoms. The van der Waals surface area contributed by atoms with Crippen LogP contribution in [0.2, 0.25) is 0 Å². The summed E-state index contributed by atoms with van der Waals surface area (Å²) >= 11 is 0. The van der Waals surface area contributed by atoms with Crippen molar-refractivity contribution in [1.29, 1.82) is 0 Å². The summed E-state index contributed by atoms with van der Waals surface area (Å²) in [6, 6.07) is 10.1. The molecule has 0 aliphatic carbocycles. The van der Waals surface area contributed by atoms with Crippen LogP contribution in [0.5, 0.6) is 0 Å². The lowest BCUT2D eigenvalue weighted by Gasteiger charge is -2.33. The van der Waals surface area contributed by atoms with Gasteiger partial charge in [-0.05, 0) is 82.3 Å². The van der Waals surface area contributed by atoms with E-state index in [1.165, 1.54) is 31.4 Å².